The topological polar surface area (TPSA) is 61.5 Å². The van der Waals surface area contributed by atoms with E-state index in [0.717, 1.165) is 47.5 Å². The Labute approximate surface area is 163 Å². The number of hydrogen-bond donors (Lipinski definition) is 1. The molecule has 2 heterocycles. The van der Waals surface area contributed by atoms with E-state index in [-0.39, 0.29) is 11.6 Å². The van der Waals surface area contributed by atoms with Crippen LogP contribution in [0.4, 0.5) is 10.5 Å². The second kappa shape index (κ2) is 6.41. The average Bonchev–Trinajstić information content (AvgIpc) is 3.19. The molecule has 142 valence electrons. The lowest BCUT2D eigenvalue weighted by Crippen LogP contribution is -2.35. The summed E-state index contributed by atoms with van der Waals surface area (Å²) in [6.45, 7) is 1.36. The first kappa shape index (κ1) is 16.9. The number of hydrogen-bond acceptors (Lipinski definition) is 3. The number of rotatable bonds is 5. The SMILES string of the molecule is COc1cccc(CN2C(=O)N(c3ccc(-c4cn[nH]c4)cc3)CC23CC3)c1. The molecule has 0 bridgehead atoms. The van der Waals surface area contributed by atoms with Gasteiger partial charge in [-0.25, -0.2) is 4.79 Å². The van der Waals surface area contributed by atoms with Gasteiger partial charge in [-0.2, -0.15) is 5.10 Å². The lowest BCUT2D eigenvalue weighted by Gasteiger charge is -2.23. The zero-order valence-electron chi connectivity index (χ0n) is 15.8. The molecule has 1 N–H and O–H groups in total. The number of ether oxygens (including phenoxy) is 1. The van der Waals surface area contributed by atoms with E-state index in [1.165, 1.54) is 0 Å². The molecule has 0 radical (unpaired) electrons. The molecule has 0 unspecified atom stereocenters. The minimum absolute atomic E-state index is 0.0244. The van der Waals surface area contributed by atoms with E-state index in [4.69, 9.17) is 4.74 Å². The number of amides is 2. The standard InChI is InChI=1S/C22H22N4O2/c1-28-20-4-2-3-16(11-20)14-26-21(27)25(15-22(26)9-10-22)19-7-5-17(6-8-19)18-12-23-24-13-18/h2-8,11-13H,9-10,14-15H2,1H3,(H,23,24). The monoisotopic (exact) mass is 374 g/mol. The van der Waals surface area contributed by atoms with Crippen LogP contribution in [0.2, 0.25) is 0 Å². The van der Waals surface area contributed by atoms with Crippen molar-refractivity contribution in [3.05, 3.63) is 66.5 Å². The van der Waals surface area contributed by atoms with Gasteiger partial charge < -0.3 is 9.64 Å². The van der Waals surface area contributed by atoms with Crippen molar-refractivity contribution in [2.24, 2.45) is 0 Å². The summed E-state index contributed by atoms with van der Waals surface area (Å²) in [6, 6.07) is 16.2. The van der Waals surface area contributed by atoms with Gasteiger partial charge in [0.2, 0.25) is 0 Å². The van der Waals surface area contributed by atoms with Gasteiger partial charge in [-0.15, -0.1) is 0 Å². The van der Waals surface area contributed by atoms with Crippen LogP contribution >= 0.6 is 0 Å². The molecule has 6 heteroatoms. The number of carbonyl (C=O) groups is 1. The number of benzene rings is 2. The summed E-state index contributed by atoms with van der Waals surface area (Å²) in [5.74, 6) is 0.820. The molecule has 5 rings (SSSR count). The first-order chi connectivity index (χ1) is 13.7. The van der Waals surface area contributed by atoms with E-state index >= 15 is 0 Å². The Hall–Kier alpha value is -3.28. The molecule has 2 amide bonds. The molecule has 3 aromatic rings. The summed E-state index contributed by atoms with van der Waals surface area (Å²) in [5.41, 5.74) is 4.13. The van der Waals surface area contributed by atoms with Crippen LogP contribution in [0.15, 0.2) is 60.9 Å². The second-order valence-corrected chi connectivity index (χ2v) is 7.56. The van der Waals surface area contributed by atoms with Gasteiger partial charge in [-0.1, -0.05) is 24.3 Å². The molecule has 1 aliphatic heterocycles. The molecule has 1 spiro atoms. The summed E-state index contributed by atoms with van der Waals surface area (Å²) < 4.78 is 5.33. The largest absolute Gasteiger partial charge is 0.497 e. The predicted molar refractivity (Wildman–Crippen MR) is 107 cm³/mol. The van der Waals surface area contributed by atoms with Gasteiger partial charge in [0.1, 0.15) is 5.75 Å². The number of nitrogens with one attached hydrogen (secondary N) is 1. The van der Waals surface area contributed by atoms with Crippen LogP contribution in [0.25, 0.3) is 11.1 Å². The lowest BCUT2D eigenvalue weighted by molar-refractivity contribution is 0.197. The Bertz CT molecular complexity index is 994. The summed E-state index contributed by atoms with van der Waals surface area (Å²) in [5, 5.41) is 6.83. The van der Waals surface area contributed by atoms with Crippen molar-refractivity contribution in [3.8, 4) is 16.9 Å². The van der Waals surface area contributed by atoms with Crippen LogP contribution in [0.5, 0.6) is 5.75 Å². The fourth-order valence-corrected chi connectivity index (χ4v) is 4.00. The quantitative estimate of drug-likeness (QED) is 0.733. The highest BCUT2D eigenvalue weighted by molar-refractivity contribution is 5.96. The van der Waals surface area contributed by atoms with E-state index in [1.807, 2.05) is 64.5 Å². The Balaban J connectivity index is 1.38. The second-order valence-electron chi connectivity index (χ2n) is 7.56. The van der Waals surface area contributed by atoms with E-state index in [2.05, 4.69) is 10.2 Å². The maximum atomic E-state index is 13.2. The molecule has 0 atom stereocenters. The smallest absolute Gasteiger partial charge is 0.325 e. The molecular formula is C22H22N4O2. The first-order valence-electron chi connectivity index (χ1n) is 9.50. The minimum Gasteiger partial charge on any atom is -0.497 e. The lowest BCUT2D eigenvalue weighted by atomic mass is 10.1. The molecule has 1 aliphatic carbocycles. The molecule has 2 fully saturated rings. The van der Waals surface area contributed by atoms with Crippen LogP contribution in [-0.2, 0) is 6.54 Å². The zero-order valence-corrected chi connectivity index (χ0v) is 15.8. The number of methoxy groups -OCH3 is 1. The van der Waals surface area contributed by atoms with Crippen molar-refractivity contribution >= 4 is 11.7 Å². The van der Waals surface area contributed by atoms with Crippen LogP contribution in [0.3, 0.4) is 0 Å². The summed E-state index contributed by atoms with van der Waals surface area (Å²) in [7, 11) is 1.66. The van der Waals surface area contributed by atoms with Gasteiger partial charge in [0.15, 0.2) is 0 Å². The highest BCUT2D eigenvalue weighted by Gasteiger charge is 2.57. The molecule has 2 aromatic carbocycles. The number of aromatic nitrogens is 2. The van der Waals surface area contributed by atoms with E-state index < -0.39 is 0 Å². The normalized spacial score (nSPS) is 17.4. The molecule has 28 heavy (non-hydrogen) atoms. The molecule has 1 aromatic heterocycles. The average molecular weight is 374 g/mol. The third-order valence-corrected chi connectivity index (χ3v) is 5.80. The molecular weight excluding hydrogens is 352 g/mol. The Morgan fingerprint density at radius 1 is 1.14 bits per heavy atom. The van der Waals surface area contributed by atoms with Gasteiger partial charge in [0.05, 0.1) is 25.4 Å². The first-order valence-corrected chi connectivity index (χ1v) is 9.50. The third kappa shape index (κ3) is 2.81. The fraction of sp³-hybridized carbons (Fsp3) is 0.273. The number of carbonyl (C=O) groups excluding carboxylic acids is 1. The minimum atomic E-state index is -0.0244. The Kier molecular flexibility index (Phi) is 3.86. The van der Waals surface area contributed by atoms with Gasteiger partial charge in [0, 0.05) is 24.0 Å². The number of H-pyrrole nitrogens is 1. The van der Waals surface area contributed by atoms with E-state index in [0.29, 0.717) is 6.54 Å². The maximum Gasteiger partial charge on any atom is 0.325 e. The van der Waals surface area contributed by atoms with Gasteiger partial charge in [-0.3, -0.25) is 10.00 Å². The van der Waals surface area contributed by atoms with Crippen molar-refractivity contribution in [1.82, 2.24) is 15.1 Å². The third-order valence-electron chi connectivity index (χ3n) is 5.80. The predicted octanol–water partition coefficient (Wildman–Crippen LogP) is 4.06. The van der Waals surface area contributed by atoms with Crippen LogP contribution in [-0.4, -0.2) is 40.3 Å². The van der Waals surface area contributed by atoms with Crippen molar-refractivity contribution < 1.29 is 9.53 Å². The summed E-state index contributed by atoms with van der Waals surface area (Å²) in [6.07, 6.45) is 5.79. The van der Waals surface area contributed by atoms with Crippen molar-refractivity contribution in [1.29, 1.82) is 0 Å². The van der Waals surface area contributed by atoms with Crippen molar-refractivity contribution in [2.45, 2.75) is 24.9 Å². The number of urea groups is 1. The van der Waals surface area contributed by atoms with Crippen molar-refractivity contribution in [2.75, 3.05) is 18.6 Å². The molecule has 6 nitrogen and oxygen atoms in total. The number of aromatic amines is 1. The van der Waals surface area contributed by atoms with Crippen LogP contribution in [0, 0.1) is 0 Å². The van der Waals surface area contributed by atoms with Gasteiger partial charge >= 0.3 is 6.03 Å². The van der Waals surface area contributed by atoms with E-state index in [9.17, 15) is 4.79 Å². The number of anilines is 1. The summed E-state index contributed by atoms with van der Waals surface area (Å²) >= 11 is 0. The van der Waals surface area contributed by atoms with Crippen LogP contribution in [0.1, 0.15) is 18.4 Å². The zero-order chi connectivity index (χ0) is 19.1. The highest BCUT2D eigenvalue weighted by Crippen LogP contribution is 2.48. The summed E-state index contributed by atoms with van der Waals surface area (Å²) in [4.78, 5) is 17.2. The van der Waals surface area contributed by atoms with Crippen molar-refractivity contribution in [3.63, 3.8) is 0 Å². The fourth-order valence-electron chi connectivity index (χ4n) is 4.00. The van der Waals surface area contributed by atoms with Gasteiger partial charge in [0.25, 0.3) is 0 Å². The van der Waals surface area contributed by atoms with Crippen LogP contribution < -0.4 is 9.64 Å². The molecule has 1 saturated heterocycles. The molecule has 2 aliphatic rings. The Morgan fingerprint density at radius 3 is 2.64 bits per heavy atom. The maximum absolute atomic E-state index is 13.2. The van der Waals surface area contributed by atoms with E-state index in [1.54, 1.807) is 13.3 Å². The highest BCUT2D eigenvalue weighted by atomic mass is 16.5. The molecule has 1 saturated carbocycles. The number of nitrogens with zero attached hydrogens (tertiary/aromatic N) is 3. The van der Waals surface area contributed by atoms with Gasteiger partial charge in [-0.05, 0) is 48.2 Å². The Morgan fingerprint density at radius 2 is 1.96 bits per heavy atom.